The Morgan fingerprint density at radius 2 is 1.82 bits per heavy atom. The number of ketones is 1. The smallest absolute Gasteiger partial charge is 0.255 e. The normalized spacial score (nSPS) is 17.9. The minimum atomic E-state index is -0.617. The van der Waals surface area contributed by atoms with Crippen LogP contribution in [0.25, 0.3) is 10.8 Å². The van der Waals surface area contributed by atoms with Gasteiger partial charge >= 0.3 is 0 Å². The van der Waals surface area contributed by atoms with Crippen LogP contribution in [0.1, 0.15) is 46.3 Å². The monoisotopic (exact) mass is 440 g/mol. The third kappa shape index (κ3) is 4.16. The van der Waals surface area contributed by atoms with Crippen molar-refractivity contribution in [3.63, 3.8) is 0 Å². The first kappa shape index (κ1) is 21.1. The van der Waals surface area contributed by atoms with E-state index in [1.807, 2.05) is 54.6 Å². The molecule has 2 aliphatic rings. The minimum Gasteiger partial charge on any atom is -0.322 e. The molecule has 1 fully saturated rings. The van der Waals surface area contributed by atoms with Gasteiger partial charge in [-0.25, -0.2) is 0 Å². The SMILES string of the molecule is O=C(CCc1ccc2c(c1)CN(C1CCC(=O)NC1=O)C2=O)Cc1cccc2ccccc12. The maximum atomic E-state index is 12.8. The highest BCUT2D eigenvalue weighted by molar-refractivity contribution is 6.05. The van der Waals surface area contributed by atoms with E-state index in [9.17, 15) is 19.2 Å². The number of rotatable bonds is 6. The fraction of sp³-hybridized carbons (Fsp3) is 0.259. The molecule has 1 unspecified atom stereocenters. The zero-order valence-corrected chi connectivity index (χ0v) is 18.2. The molecule has 6 heteroatoms. The first-order chi connectivity index (χ1) is 16.0. The summed E-state index contributed by atoms with van der Waals surface area (Å²) in [5.41, 5.74) is 3.49. The van der Waals surface area contributed by atoms with Crippen LogP contribution in [0.15, 0.2) is 60.7 Å². The number of nitrogens with zero attached hydrogens (tertiary/aromatic N) is 1. The van der Waals surface area contributed by atoms with Gasteiger partial charge in [-0.1, -0.05) is 54.6 Å². The van der Waals surface area contributed by atoms with Gasteiger partial charge < -0.3 is 4.90 Å². The summed E-state index contributed by atoms with van der Waals surface area (Å²) >= 11 is 0. The topological polar surface area (TPSA) is 83.6 Å². The molecule has 5 rings (SSSR count). The molecule has 2 aliphatic heterocycles. The van der Waals surface area contributed by atoms with E-state index >= 15 is 0 Å². The number of imide groups is 1. The lowest BCUT2D eigenvalue weighted by molar-refractivity contribution is -0.137. The maximum Gasteiger partial charge on any atom is 0.255 e. The molecule has 2 heterocycles. The second-order valence-electron chi connectivity index (χ2n) is 8.75. The molecule has 3 amide bonds. The Kier molecular flexibility index (Phi) is 5.50. The van der Waals surface area contributed by atoms with Gasteiger partial charge in [0.1, 0.15) is 11.8 Å². The number of hydrogen-bond donors (Lipinski definition) is 1. The summed E-state index contributed by atoms with van der Waals surface area (Å²) in [5.74, 6) is -0.714. The first-order valence-electron chi connectivity index (χ1n) is 11.2. The van der Waals surface area contributed by atoms with Crippen molar-refractivity contribution in [2.24, 2.45) is 0 Å². The summed E-state index contributed by atoms with van der Waals surface area (Å²) in [7, 11) is 0. The Balaban J connectivity index is 1.24. The fourth-order valence-corrected chi connectivity index (χ4v) is 4.81. The first-order valence-corrected chi connectivity index (χ1v) is 11.2. The van der Waals surface area contributed by atoms with E-state index in [2.05, 4.69) is 5.32 Å². The van der Waals surface area contributed by atoms with Crippen molar-refractivity contribution in [2.45, 2.75) is 44.7 Å². The summed E-state index contributed by atoms with van der Waals surface area (Å²) in [6.45, 7) is 0.345. The summed E-state index contributed by atoms with van der Waals surface area (Å²) in [6, 6.07) is 19.1. The second-order valence-corrected chi connectivity index (χ2v) is 8.75. The molecule has 166 valence electrons. The molecular weight excluding hydrogens is 416 g/mol. The number of aryl methyl sites for hydroxylation is 1. The number of hydrogen-bond acceptors (Lipinski definition) is 4. The van der Waals surface area contributed by atoms with E-state index in [0.29, 0.717) is 37.8 Å². The van der Waals surface area contributed by atoms with Crippen LogP contribution in [0.3, 0.4) is 0 Å². The van der Waals surface area contributed by atoms with Crippen molar-refractivity contribution in [1.29, 1.82) is 0 Å². The third-order valence-corrected chi connectivity index (χ3v) is 6.55. The van der Waals surface area contributed by atoms with Crippen molar-refractivity contribution in [3.05, 3.63) is 82.9 Å². The third-order valence-electron chi connectivity index (χ3n) is 6.55. The van der Waals surface area contributed by atoms with Crippen LogP contribution in [0.4, 0.5) is 0 Å². The van der Waals surface area contributed by atoms with Gasteiger partial charge in [0, 0.05) is 31.4 Å². The van der Waals surface area contributed by atoms with Crippen LogP contribution in [0.5, 0.6) is 0 Å². The Hall–Kier alpha value is -3.80. The Labute approximate surface area is 191 Å². The number of nitrogens with one attached hydrogen (secondary N) is 1. The van der Waals surface area contributed by atoms with Gasteiger partial charge in [-0.05, 0) is 46.4 Å². The molecule has 33 heavy (non-hydrogen) atoms. The number of piperidine rings is 1. The van der Waals surface area contributed by atoms with Crippen molar-refractivity contribution in [1.82, 2.24) is 10.2 Å². The molecule has 1 N–H and O–H groups in total. The van der Waals surface area contributed by atoms with Gasteiger partial charge in [0.15, 0.2) is 0 Å². The highest BCUT2D eigenvalue weighted by Gasteiger charge is 2.39. The lowest BCUT2D eigenvalue weighted by Crippen LogP contribution is -2.52. The highest BCUT2D eigenvalue weighted by Crippen LogP contribution is 2.28. The van der Waals surface area contributed by atoms with Gasteiger partial charge in [0.25, 0.3) is 5.91 Å². The number of carbonyl (C=O) groups excluding carboxylic acids is 4. The van der Waals surface area contributed by atoms with Crippen molar-refractivity contribution >= 4 is 34.3 Å². The van der Waals surface area contributed by atoms with Crippen LogP contribution in [0, 0.1) is 0 Å². The van der Waals surface area contributed by atoms with Gasteiger partial charge in [0.05, 0.1) is 0 Å². The standard InChI is InChI=1S/C27H24N2O4/c30-21(15-19-6-3-5-18-4-1-2-7-22(18)19)10-8-17-9-11-23-20(14-17)16-29(27(23)33)24-12-13-25(31)28-26(24)32/h1-7,9,11,14,24H,8,10,12-13,15-16H2,(H,28,31,32). The molecule has 0 aromatic heterocycles. The lowest BCUT2D eigenvalue weighted by Gasteiger charge is -2.29. The number of benzene rings is 3. The summed E-state index contributed by atoms with van der Waals surface area (Å²) in [6.07, 6.45) is 2.00. The number of amides is 3. The summed E-state index contributed by atoms with van der Waals surface area (Å²) < 4.78 is 0. The number of fused-ring (bicyclic) bond motifs is 2. The van der Waals surface area contributed by atoms with E-state index in [1.54, 1.807) is 11.0 Å². The van der Waals surface area contributed by atoms with Gasteiger partial charge in [-0.15, -0.1) is 0 Å². The van der Waals surface area contributed by atoms with Crippen LogP contribution < -0.4 is 5.32 Å². The second kappa shape index (κ2) is 8.62. The van der Waals surface area contributed by atoms with Crippen molar-refractivity contribution in [3.8, 4) is 0 Å². The van der Waals surface area contributed by atoms with E-state index in [0.717, 1.165) is 27.5 Å². The van der Waals surface area contributed by atoms with Crippen LogP contribution in [0.2, 0.25) is 0 Å². The Morgan fingerprint density at radius 3 is 2.67 bits per heavy atom. The molecule has 3 aromatic carbocycles. The fourth-order valence-electron chi connectivity index (χ4n) is 4.81. The zero-order chi connectivity index (χ0) is 22.9. The number of carbonyl (C=O) groups is 4. The molecule has 0 spiro atoms. The molecule has 3 aromatic rings. The van der Waals surface area contributed by atoms with Gasteiger partial charge in [0.2, 0.25) is 11.8 Å². The molecule has 0 radical (unpaired) electrons. The molecule has 0 bridgehead atoms. The van der Waals surface area contributed by atoms with Crippen LogP contribution in [-0.2, 0) is 33.8 Å². The van der Waals surface area contributed by atoms with Gasteiger partial charge in [-0.3, -0.25) is 24.5 Å². The maximum absolute atomic E-state index is 12.8. The molecule has 1 atom stereocenters. The predicted molar refractivity (Wildman–Crippen MR) is 123 cm³/mol. The summed E-state index contributed by atoms with van der Waals surface area (Å²) in [4.78, 5) is 50.7. The largest absolute Gasteiger partial charge is 0.322 e. The summed E-state index contributed by atoms with van der Waals surface area (Å²) in [5, 5.41) is 4.56. The van der Waals surface area contributed by atoms with Crippen molar-refractivity contribution < 1.29 is 19.2 Å². The average Bonchev–Trinajstić information content (AvgIpc) is 3.13. The molecule has 0 saturated carbocycles. The van der Waals surface area contributed by atoms with E-state index < -0.39 is 11.9 Å². The molecular formula is C27H24N2O4. The van der Waals surface area contributed by atoms with E-state index in [-0.39, 0.29) is 24.0 Å². The Morgan fingerprint density at radius 1 is 1.00 bits per heavy atom. The van der Waals surface area contributed by atoms with E-state index in [4.69, 9.17) is 0 Å². The van der Waals surface area contributed by atoms with Gasteiger partial charge in [-0.2, -0.15) is 0 Å². The highest BCUT2D eigenvalue weighted by atomic mass is 16.2. The number of Topliss-reactive ketones (excluding diaryl/α,β-unsaturated/α-hetero) is 1. The lowest BCUT2D eigenvalue weighted by atomic mass is 9.97. The van der Waals surface area contributed by atoms with E-state index in [1.165, 1.54) is 0 Å². The van der Waals surface area contributed by atoms with Crippen LogP contribution >= 0.6 is 0 Å². The quantitative estimate of drug-likeness (QED) is 0.596. The van der Waals surface area contributed by atoms with Crippen LogP contribution in [-0.4, -0.2) is 34.4 Å². The average molecular weight is 440 g/mol. The predicted octanol–water partition coefficient (Wildman–Crippen LogP) is 3.35. The van der Waals surface area contributed by atoms with Crippen molar-refractivity contribution in [2.75, 3.05) is 0 Å². The molecule has 1 saturated heterocycles. The zero-order valence-electron chi connectivity index (χ0n) is 18.2. The molecule has 0 aliphatic carbocycles. The minimum absolute atomic E-state index is 0.174. The Bertz CT molecular complexity index is 1290. The molecule has 6 nitrogen and oxygen atoms in total.